The number of carbonyl (C=O) groups is 1. The molecule has 1 rings (SSSR count). The lowest BCUT2D eigenvalue weighted by Crippen LogP contribution is -2.27. The van der Waals surface area contributed by atoms with Gasteiger partial charge in [-0.15, -0.1) is 0 Å². The Morgan fingerprint density at radius 3 is 2.53 bits per heavy atom. The number of ether oxygens (including phenoxy) is 1. The van der Waals surface area contributed by atoms with Crippen LogP contribution in [0, 0.1) is 11.3 Å². The maximum absolute atomic E-state index is 11.8. The lowest BCUT2D eigenvalue weighted by atomic mass is 10.1. The van der Waals surface area contributed by atoms with Gasteiger partial charge < -0.3 is 4.74 Å². The van der Waals surface area contributed by atoms with Crippen molar-refractivity contribution in [1.82, 2.24) is 9.97 Å². The Bertz CT molecular complexity index is 445. The molecule has 0 N–H and O–H groups in total. The minimum Gasteiger partial charge on any atom is -0.459 e. The van der Waals surface area contributed by atoms with Crippen LogP contribution >= 0.6 is 15.9 Å². The summed E-state index contributed by atoms with van der Waals surface area (Å²) in [5, 5.41) is 8.99. The van der Waals surface area contributed by atoms with E-state index in [1.165, 1.54) is 12.4 Å². The predicted molar refractivity (Wildman–Crippen MR) is 63.9 cm³/mol. The first-order chi connectivity index (χ1) is 7.83. The lowest BCUT2D eigenvalue weighted by Gasteiger charge is -2.20. The molecule has 0 amide bonds. The molecule has 0 fully saturated rings. The molecule has 0 bridgehead atoms. The standard InChI is InChI=1S/C11H12BrN3O2/c1-11(2,3)17-10(16)7(4-13)8-5-15-9(12)6-14-8/h5-7H,1-3H3. The van der Waals surface area contributed by atoms with E-state index in [9.17, 15) is 4.79 Å². The zero-order valence-corrected chi connectivity index (χ0v) is 11.4. The Morgan fingerprint density at radius 1 is 1.47 bits per heavy atom. The summed E-state index contributed by atoms with van der Waals surface area (Å²) in [6.07, 6.45) is 2.81. The average molecular weight is 298 g/mol. The molecule has 0 aliphatic rings. The SMILES string of the molecule is CC(C)(C)OC(=O)C(C#N)c1cnc(Br)cn1. The summed E-state index contributed by atoms with van der Waals surface area (Å²) in [4.78, 5) is 19.6. The molecule has 6 heteroatoms. The highest BCUT2D eigenvalue weighted by Crippen LogP contribution is 2.18. The molecule has 0 radical (unpaired) electrons. The van der Waals surface area contributed by atoms with Crippen molar-refractivity contribution in [1.29, 1.82) is 5.26 Å². The summed E-state index contributed by atoms with van der Waals surface area (Å²) in [7, 11) is 0. The lowest BCUT2D eigenvalue weighted by molar-refractivity contribution is -0.155. The van der Waals surface area contributed by atoms with E-state index in [2.05, 4.69) is 25.9 Å². The molecular formula is C11H12BrN3O2. The van der Waals surface area contributed by atoms with Gasteiger partial charge in [0.25, 0.3) is 0 Å². The number of carbonyl (C=O) groups excluding carboxylic acids is 1. The third kappa shape index (κ3) is 4.11. The average Bonchev–Trinajstić information content (AvgIpc) is 2.19. The Labute approximate surface area is 108 Å². The zero-order chi connectivity index (χ0) is 13.1. The van der Waals surface area contributed by atoms with Gasteiger partial charge in [0, 0.05) is 0 Å². The van der Waals surface area contributed by atoms with Crippen LogP contribution in [0.3, 0.4) is 0 Å². The van der Waals surface area contributed by atoms with E-state index < -0.39 is 17.5 Å². The number of nitrogens with zero attached hydrogens (tertiary/aromatic N) is 3. The summed E-state index contributed by atoms with van der Waals surface area (Å²) >= 11 is 3.13. The molecule has 1 heterocycles. The third-order valence-electron chi connectivity index (χ3n) is 1.71. The molecule has 1 aromatic rings. The van der Waals surface area contributed by atoms with Gasteiger partial charge in [0.05, 0.1) is 24.2 Å². The summed E-state index contributed by atoms with van der Waals surface area (Å²) in [6, 6.07) is 1.87. The van der Waals surface area contributed by atoms with E-state index in [0.717, 1.165) is 0 Å². The van der Waals surface area contributed by atoms with E-state index in [1.54, 1.807) is 20.8 Å². The highest BCUT2D eigenvalue weighted by atomic mass is 79.9. The molecule has 0 spiro atoms. The van der Waals surface area contributed by atoms with Crippen LogP contribution in [0.15, 0.2) is 17.0 Å². The van der Waals surface area contributed by atoms with Crippen molar-refractivity contribution >= 4 is 21.9 Å². The number of halogens is 1. The van der Waals surface area contributed by atoms with Gasteiger partial charge in [-0.3, -0.25) is 9.78 Å². The van der Waals surface area contributed by atoms with Crippen molar-refractivity contribution in [2.24, 2.45) is 0 Å². The Balaban J connectivity index is 2.90. The van der Waals surface area contributed by atoms with Crippen molar-refractivity contribution in [2.75, 3.05) is 0 Å². The highest BCUT2D eigenvalue weighted by Gasteiger charge is 2.27. The molecule has 1 atom stereocenters. The molecule has 1 unspecified atom stereocenters. The Kier molecular flexibility index (Phi) is 4.18. The second-order valence-corrected chi connectivity index (χ2v) is 5.17. The minimum atomic E-state index is -1.05. The monoisotopic (exact) mass is 297 g/mol. The molecule has 0 aromatic carbocycles. The van der Waals surface area contributed by atoms with Crippen LogP contribution in [0.1, 0.15) is 32.4 Å². The van der Waals surface area contributed by atoms with Crippen LogP contribution in [0.2, 0.25) is 0 Å². The van der Waals surface area contributed by atoms with Gasteiger partial charge in [-0.2, -0.15) is 5.26 Å². The quantitative estimate of drug-likeness (QED) is 0.782. The van der Waals surface area contributed by atoms with Gasteiger partial charge in [-0.25, -0.2) is 4.98 Å². The summed E-state index contributed by atoms with van der Waals surface area (Å²) in [6.45, 7) is 5.23. The number of nitriles is 1. The van der Waals surface area contributed by atoms with Gasteiger partial charge in [0.1, 0.15) is 10.2 Å². The minimum absolute atomic E-state index is 0.282. The third-order valence-corrected chi connectivity index (χ3v) is 2.12. The van der Waals surface area contributed by atoms with E-state index in [4.69, 9.17) is 10.00 Å². The summed E-state index contributed by atoms with van der Waals surface area (Å²) in [5.41, 5.74) is -0.348. The van der Waals surface area contributed by atoms with Gasteiger partial charge in [0.2, 0.25) is 0 Å². The number of hydrogen-bond donors (Lipinski definition) is 0. The van der Waals surface area contributed by atoms with Gasteiger partial charge in [-0.1, -0.05) is 0 Å². The Hall–Kier alpha value is -1.48. The molecule has 0 aliphatic carbocycles. The van der Waals surface area contributed by atoms with Crippen LogP contribution in [0.5, 0.6) is 0 Å². The van der Waals surface area contributed by atoms with E-state index in [0.29, 0.717) is 4.60 Å². The fourth-order valence-electron chi connectivity index (χ4n) is 1.07. The molecule has 17 heavy (non-hydrogen) atoms. The molecule has 0 saturated carbocycles. The van der Waals surface area contributed by atoms with Gasteiger partial charge in [-0.05, 0) is 36.7 Å². The molecule has 90 valence electrons. The number of aromatic nitrogens is 2. The first-order valence-electron chi connectivity index (χ1n) is 4.93. The number of esters is 1. The van der Waals surface area contributed by atoms with Crippen LogP contribution in [-0.2, 0) is 9.53 Å². The topological polar surface area (TPSA) is 75.9 Å². The number of hydrogen-bond acceptors (Lipinski definition) is 5. The summed E-state index contributed by atoms with van der Waals surface area (Å²) < 4.78 is 5.68. The largest absolute Gasteiger partial charge is 0.459 e. The Morgan fingerprint density at radius 2 is 2.12 bits per heavy atom. The molecule has 1 aromatic heterocycles. The van der Waals surface area contributed by atoms with E-state index >= 15 is 0 Å². The van der Waals surface area contributed by atoms with Crippen LogP contribution in [-0.4, -0.2) is 21.5 Å². The zero-order valence-electron chi connectivity index (χ0n) is 9.77. The smallest absolute Gasteiger partial charge is 0.330 e. The molecule has 5 nitrogen and oxygen atoms in total. The second-order valence-electron chi connectivity index (χ2n) is 4.36. The van der Waals surface area contributed by atoms with Crippen LogP contribution in [0.4, 0.5) is 0 Å². The highest BCUT2D eigenvalue weighted by molar-refractivity contribution is 9.10. The van der Waals surface area contributed by atoms with Crippen LogP contribution in [0.25, 0.3) is 0 Å². The first-order valence-corrected chi connectivity index (χ1v) is 5.72. The molecule has 0 aliphatic heterocycles. The van der Waals surface area contributed by atoms with E-state index in [-0.39, 0.29) is 5.69 Å². The van der Waals surface area contributed by atoms with E-state index in [1.807, 2.05) is 6.07 Å². The fraction of sp³-hybridized carbons (Fsp3) is 0.455. The molecular weight excluding hydrogens is 286 g/mol. The van der Waals surface area contributed by atoms with Gasteiger partial charge in [0.15, 0.2) is 5.92 Å². The van der Waals surface area contributed by atoms with Crippen molar-refractivity contribution in [2.45, 2.75) is 32.3 Å². The van der Waals surface area contributed by atoms with Crippen molar-refractivity contribution in [3.05, 3.63) is 22.7 Å². The second kappa shape index (κ2) is 5.23. The van der Waals surface area contributed by atoms with Crippen molar-refractivity contribution in [3.8, 4) is 6.07 Å². The van der Waals surface area contributed by atoms with Gasteiger partial charge >= 0.3 is 5.97 Å². The van der Waals surface area contributed by atoms with Crippen molar-refractivity contribution in [3.63, 3.8) is 0 Å². The van der Waals surface area contributed by atoms with Crippen LogP contribution < -0.4 is 0 Å². The normalized spacial score (nSPS) is 12.6. The molecule has 0 saturated heterocycles. The maximum Gasteiger partial charge on any atom is 0.330 e. The fourth-order valence-corrected chi connectivity index (χ4v) is 1.28. The first kappa shape index (κ1) is 13.6. The summed E-state index contributed by atoms with van der Waals surface area (Å²) in [5.74, 6) is -1.66. The predicted octanol–water partition coefficient (Wildman–Crippen LogP) is 2.19. The van der Waals surface area contributed by atoms with Crippen molar-refractivity contribution < 1.29 is 9.53 Å². The number of rotatable bonds is 2. The maximum atomic E-state index is 11.8.